The van der Waals surface area contributed by atoms with E-state index >= 15 is 0 Å². The van der Waals surface area contributed by atoms with Crippen LogP contribution in [0.1, 0.15) is 19.8 Å². The summed E-state index contributed by atoms with van der Waals surface area (Å²) in [6, 6.07) is 0. The Hall–Kier alpha value is -0.570. The summed E-state index contributed by atoms with van der Waals surface area (Å²) >= 11 is 0. The average molecular weight is 132 g/mol. The lowest BCUT2D eigenvalue weighted by Gasteiger charge is -1.73. The quantitative estimate of drug-likeness (QED) is 0.464. The molecule has 0 unspecified atom stereocenters. The maximum atomic E-state index is 9.00. The molecule has 0 saturated carbocycles. The molecule has 0 aromatic heterocycles. The molecule has 1 aliphatic rings. The van der Waals surface area contributed by atoms with E-state index in [1.54, 1.807) is 0 Å². The summed E-state index contributed by atoms with van der Waals surface area (Å²) in [5.41, 5.74) is 0. The van der Waals surface area contributed by atoms with E-state index in [0.717, 1.165) is 6.92 Å². The molecule has 9 heavy (non-hydrogen) atoms. The molecular formula is C6H14NO2+. The first-order valence-corrected chi connectivity index (χ1v) is 3.24. The third kappa shape index (κ3) is 11.2. The van der Waals surface area contributed by atoms with Crippen molar-refractivity contribution in [3.05, 3.63) is 0 Å². The second-order valence-corrected chi connectivity index (χ2v) is 2.09. The summed E-state index contributed by atoms with van der Waals surface area (Å²) in [7, 11) is 0. The topological polar surface area (TPSA) is 53.9 Å². The van der Waals surface area contributed by atoms with Gasteiger partial charge in [0.15, 0.2) is 0 Å². The number of carboxylic acids is 1. The number of carbonyl (C=O) groups is 1. The van der Waals surface area contributed by atoms with Crippen LogP contribution in [0, 0.1) is 0 Å². The lowest BCUT2D eigenvalue weighted by atomic mass is 10.4. The lowest BCUT2D eigenvalue weighted by Crippen LogP contribution is -2.80. The molecule has 0 atom stereocenters. The molecule has 1 saturated heterocycles. The van der Waals surface area contributed by atoms with Gasteiger partial charge >= 0.3 is 0 Å². The molecule has 1 aliphatic heterocycles. The number of quaternary nitrogens is 1. The second kappa shape index (κ2) is 5.56. The van der Waals surface area contributed by atoms with Crippen LogP contribution in [0.4, 0.5) is 0 Å². The molecule has 3 N–H and O–H groups in total. The predicted molar refractivity (Wildman–Crippen MR) is 34.2 cm³/mol. The van der Waals surface area contributed by atoms with Crippen molar-refractivity contribution in [2.24, 2.45) is 0 Å². The van der Waals surface area contributed by atoms with Gasteiger partial charge in [-0.2, -0.15) is 0 Å². The molecular weight excluding hydrogens is 118 g/mol. The number of hydrogen-bond donors (Lipinski definition) is 2. The number of carboxylic acid groups (broad SMARTS) is 1. The highest BCUT2D eigenvalue weighted by Crippen LogP contribution is 1.82. The Kier molecular flexibility index (Phi) is 5.21. The van der Waals surface area contributed by atoms with Crippen molar-refractivity contribution < 1.29 is 15.2 Å². The van der Waals surface area contributed by atoms with Gasteiger partial charge in [0.25, 0.3) is 5.97 Å². The van der Waals surface area contributed by atoms with Crippen LogP contribution in [0.5, 0.6) is 0 Å². The zero-order valence-electron chi connectivity index (χ0n) is 5.76. The first kappa shape index (κ1) is 8.43. The van der Waals surface area contributed by atoms with Crippen LogP contribution in [0.25, 0.3) is 0 Å². The summed E-state index contributed by atoms with van der Waals surface area (Å²) in [5, 5.41) is 9.78. The number of nitrogens with two attached hydrogens (primary N) is 1. The Morgan fingerprint density at radius 2 is 1.78 bits per heavy atom. The van der Waals surface area contributed by atoms with Crippen LogP contribution in [-0.4, -0.2) is 24.2 Å². The van der Waals surface area contributed by atoms with Crippen LogP contribution in [0.2, 0.25) is 0 Å². The van der Waals surface area contributed by atoms with E-state index in [1.165, 1.54) is 25.9 Å². The summed E-state index contributed by atoms with van der Waals surface area (Å²) < 4.78 is 0. The van der Waals surface area contributed by atoms with E-state index < -0.39 is 5.97 Å². The molecule has 0 aromatic carbocycles. The SMILES string of the molecule is C1CC[NH2+]C1.CC(=O)O. The van der Waals surface area contributed by atoms with Crippen LogP contribution < -0.4 is 5.32 Å². The van der Waals surface area contributed by atoms with E-state index in [9.17, 15) is 0 Å². The van der Waals surface area contributed by atoms with E-state index in [2.05, 4.69) is 5.32 Å². The first-order chi connectivity index (χ1) is 4.23. The molecule has 0 spiro atoms. The Balaban J connectivity index is 0.000000148. The van der Waals surface area contributed by atoms with E-state index in [-0.39, 0.29) is 0 Å². The summed E-state index contributed by atoms with van der Waals surface area (Å²) in [6.07, 6.45) is 2.89. The average Bonchev–Trinajstić information content (AvgIpc) is 2.11. The van der Waals surface area contributed by atoms with Crippen LogP contribution in [-0.2, 0) is 4.79 Å². The fourth-order valence-electron chi connectivity index (χ4n) is 0.722. The number of rotatable bonds is 0. The highest BCUT2D eigenvalue weighted by molar-refractivity contribution is 5.62. The third-order valence-corrected chi connectivity index (χ3v) is 1.07. The van der Waals surface area contributed by atoms with Gasteiger partial charge in [0.1, 0.15) is 0 Å². The predicted octanol–water partition coefficient (Wildman–Crippen LogP) is -0.565. The molecule has 1 heterocycles. The van der Waals surface area contributed by atoms with Gasteiger partial charge in [-0.05, 0) is 0 Å². The Bertz CT molecular complexity index is 67.5. The normalized spacial score (nSPS) is 16.1. The standard InChI is InChI=1S/C4H9N.C2H4O2/c1-2-4-5-3-1;1-2(3)4/h5H,1-4H2;1H3,(H,3,4)/p+1. The van der Waals surface area contributed by atoms with Gasteiger partial charge in [-0.25, -0.2) is 0 Å². The highest BCUT2D eigenvalue weighted by atomic mass is 16.4. The molecule has 0 aliphatic carbocycles. The molecule has 1 rings (SSSR count). The molecule has 0 aromatic rings. The number of aliphatic carboxylic acids is 1. The Morgan fingerprint density at radius 1 is 1.44 bits per heavy atom. The van der Waals surface area contributed by atoms with Crippen molar-refractivity contribution in [1.82, 2.24) is 0 Å². The molecule has 3 nitrogen and oxygen atoms in total. The largest absolute Gasteiger partial charge is 0.481 e. The number of hydrogen-bond acceptors (Lipinski definition) is 1. The maximum absolute atomic E-state index is 9.00. The van der Waals surface area contributed by atoms with Crippen molar-refractivity contribution in [2.45, 2.75) is 19.8 Å². The smallest absolute Gasteiger partial charge is 0.300 e. The van der Waals surface area contributed by atoms with Crippen molar-refractivity contribution in [1.29, 1.82) is 0 Å². The lowest BCUT2D eigenvalue weighted by molar-refractivity contribution is -0.635. The monoisotopic (exact) mass is 132 g/mol. The van der Waals surface area contributed by atoms with Gasteiger partial charge in [0.05, 0.1) is 13.1 Å². The van der Waals surface area contributed by atoms with Gasteiger partial charge in [-0.3, -0.25) is 4.79 Å². The van der Waals surface area contributed by atoms with E-state index in [1.807, 2.05) is 0 Å². The summed E-state index contributed by atoms with van der Waals surface area (Å²) in [5.74, 6) is -0.833. The second-order valence-electron chi connectivity index (χ2n) is 2.09. The molecule has 0 bridgehead atoms. The van der Waals surface area contributed by atoms with Crippen molar-refractivity contribution in [3.63, 3.8) is 0 Å². The summed E-state index contributed by atoms with van der Waals surface area (Å²) in [4.78, 5) is 9.00. The van der Waals surface area contributed by atoms with Gasteiger partial charge in [-0.15, -0.1) is 0 Å². The van der Waals surface area contributed by atoms with Crippen molar-refractivity contribution in [2.75, 3.05) is 13.1 Å². The highest BCUT2D eigenvalue weighted by Gasteiger charge is 1.97. The van der Waals surface area contributed by atoms with Crippen molar-refractivity contribution in [3.8, 4) is 0 Å². The fraction of sp³-hybridized carbons (Fsp3) is 0.833. The molecule has 3 heteroatoms. The maximum Gasteiger partial charge on any atom is 0.300 e. The van der Waals surface area contributed by atoms with Gasteiger partial charge in [0, 0.05) is 19.8 Å². The molecule has 1 fully saturated rings. The fourth-order valence-corrected chi connectivity index (χ4v) is 0.722. The van der Waals surface area contributed by atoms with Gasteiger partial charge in [0.2, 0.25) is 0 Å². The van der Waals surface area contributed by atoms with Gasteiger partial charge in [-0.1, -0.05) is 0 Å². The van der Waals surface area contributed by atoms with Crippen LogP contribution in [0.15, 0.2) is 0 Å². The minimum absolute atomic E-state index is 0.833. The van der Waals surface area contributed by atoms with E-state index in [4.69, 9.17) is 9.90 Å². The molecule has 54 valence electrons. The molecule has 0 radical (unpaired) electrons. The van der Waals surface area contributed by atoms with Crippen molar-refractivity contribution >= 4 is 5.97 Å². The van der Waals surface area contributed by atoms with Crippen LogP contribution in [0.3, 0.4) is 0 Å². The first-order valence-electron chi connectivity index (χ1n) is 3.24. The Morgan fingerprint density at radius 3 is 1.89 bits per heavy atom. The molecule has 0 amide bonds. The summed E-state index contributed by atoms with van der Waals surface area (Å²) in [6.45, 7) is 3.83. The van der Waals surface area contributed by atoms with Gasteiger partial charge < -0.3 is 10.4 Å². The van der Waals surface area contributed by atoms with Crippen LogP contribution >= 0.6 is 0 Å². The zero-order valence-corrected chi connectivity index (χ0v) is 5.76. The van der Waals surface area contributed by atoms with E-state index in [0.29, 0.717) is 0 Å². The minimum Gasteiger partial charge on any atom is -0.481 e. The third-order valence-electron chi connectivity index (χ3n) is 1.07. The zero-order chi connectivity index (χ0) is 7.11. The Labute approximate surface area is 55.1 Å². The minimum atomic E-state index is -0.833.